The van der Waals surface area contributed by atoms with E-state index in [1.807, 2.05) is 53.5 Å². The Morgan fingerprint density at radius 2 is 1.44 bits per heavy atom. The zero-order valence-electron chi connectivity index (χ0n) is 19.1. The molecule has 36 heavy (non-hydrogen) atoms. The van der Waals surface area contributed by atoms with Crippen LogP contribution in [0.2, 0.25) is 0 Å². The standard InChI is InChI=1S/C31H21F3N2/c32-31(33,34)25-9-3-6-12-30(25)36-28-11-5-2-8-22(28)24-18-20(14-16-29(24)36)19-13-15-27-23(17-19)21-7-1-4-10-26(21)35-27/h1-18,24,29,35H. The third-order valence-electron chi connectivity index (χ3n) is 7.36. The van der Waals surface area contributed by atoms with Gasteiger partial charge in [-0.3, -0.25) is 0 Å². The first-order valence-electron chi connectivity index (χ1n) is 11.9. The summed E-state index contributed by atoms with van der Waals surface area (Å²) in [5.41, 5.74) is 5.77. The predicted octanol–water partition coefficient (Wildman–Crippen LogP) is 8.60. The molecule has 0 fully saturated rings. The fourth-order valence-electron chi connectivity index (χ4n) is 5.77. The van der Waals surface area contributed by atoms with Gasteiger partial charge in [0.15, 0.2) is 0 Å². The molecule has 2 atom stereocenters. The Balaban J connectivity index is 1.35. The van der Waals surface area contributed by atoms with Gasteiger partial charge in [-0.2, -0.15) is 13.2 Å². The van der Waals surface area contributed by atoms with Crippen molar-refractivity contribution in [2.75, 3.05) is 4.90 Å². The molecule has 0 spiro atoms. The van der Waals surface area contributed by atoms with Crippen LogP contribution < -0.4 is 4.90 Å². The number of allylic oxidation sites excluding steroid dienone is 2. The van der Waals surface area contributed by atoms with Gasteiger partial charge >= 0.3 is 6.18 Å². The van der Waals surface area contributed by atoms with Crippen molar-refractivity contribution < 1.29 is 13.2 Å². The molecule has 0 saturated heterocycles. The Morgan fingerprint density at radius 3 is 2.31 bits per heavy atom. The van der Waals surface area contributed by atoms with Crippen molar-refractivity contribution in [2.24, 2.45) is 0 Å². The fourth-order valence-corrected chi connectivity index (χ4v) is 5.77. The number of anilines is 2. The first kappa shape index (κ1) is 21.1. The number of fused-ring (bicyclic) bond motifs is 6. The third-order valence-corrected chi connectivity index (χ3v) is 7.36. The summed E-state index contributed by atoms with van der Waals surface area (Å²) in [7, 11) is 0. The number of halogens is 3. The number of aromatic amines is 1. The van der Waals surface area contributed by atoms with E-state index in [0.29, 0.717) is 0 Å². The molecule has 1 aliphatic carbocycles. The largest absolute Gasteiger partial charge is 0.418 e. The van der Waals surface area contributed by atoms with Crippen molar-refractivity contribution in [3.63, 3.8) is 0 Å². The highest BCUT2D eigenvalue weighted by Crippen LogP contribution is 2.51. The van der Waals surface area contributed by atoms with Gasteiger partial charge in [-0.15, -0.1) is 0 Å². The van der Waals surface area contributed by atoms with E-state index in [4.69, 9.17) is 0 Å². The molecule has 2 unspecified atom stereocenters. The minimum atomic E-state index is -4.43. The second kappa shape index (κ2) is 7.62. The lowest BCUT2D eigenvalue weighted by atomic mass is 9.86. The molecule has 2 heterocycles. The van der Waals surface area contributed by atoms with Gasteiger partial charge in [0.2, 0.25) is 0 Å². The second-order valence-electron chi connectivity index (χ2n) is 9.37. The summed E-state index contributed by atoms with van der Waals surface area (Å²) >= 11 is 0. The lowest BCUT2D eigenvalue weighted by Gasteiger charge is -2.31. The average molecular weight is 479 g/mol. The minimum absolute atomic E-state index is 0.0545. The van der Waals surface area contributed by atoms with Crippen LogP contribution in [0.15, 0.2) is 109 Å². The highest BCUT2D eigenvalue weighted by atomic mass is 19.4. The second-order valence-corrected chi connectivity index (χ2v) is 9.37. The maximum atomic E-state index is 13.9. The van der Waals surface area contributed by atoms with Crippen LogP contribution in [0.4, 0.5) is 24.5 Å². The minimum Gasteiger partial charge on any atom is -0.355 e. The lowest BCUT2D eigenvalue weighted by Crippen LogP contribution is -2.30. The maximum absolute atomic E-state index is 13.9. The molecule has 7 rings (SSSR count). The zero-order chi connectivity index (χ0) is 24.4. The first-order valence-corrected chi connectivity index (χ1v) is 11.9. The van der Waals surface area contributed by atoms with Crippen molar-refractivity contribution >= 4 is 38.8 Å². The molecular formula is C31H21F3N2. The van der Waals surface area contributed by atoms with Gasteiger partial charge in [-0.25, -0.2) is 0 Å². The van der Waals surface area contributed by atoms with E-state index < -0.39 is 11.7 Å². The molecule has 5 aromatic rings. The molecule has 0 radical (unpaired) electrons. The van der Waals surface area contributed by atoms with Crippen molar-refractivity contribution in [1.82, 2.24) is 4.98 Å². The average Bonchev–Trinajstić information content (AvgIpc) is 3.43. The molecule has 1 N–H and O–H groups in total. The summed E-state index contributed by atoms with van der Waals surface area (Å²) < 4.78 is 41.8. The van der Waals surface area contributed by atoms with Crippen molar-refractivity contribution in [3.8, 4) is 0 Å². The van der Waals surface area contributed by atoms with Gasteiger partial charge in [0.05, 0.1) is 17.3 Å². The van der Waals surface area contributed by atoms with Crippen LogP contribution >= 0.6 is 0 Å². The van der Waals surface area contributed by atoms with Gasteiger partial charge in [0.1, 0.15) is 0 Å². The van der Waals surface area contributed by atoms with E-state index >= 15 is 0 Å². The molecule has 2 nitrogen and oxygen atoms in total. The number of H-pyrrole nitrogens is 1. The Labute approximate surface area is 206 Å². The van der Waals surface area contributed by atoms with E-state index in [0.717, 1.165) is 44.9 Å². The molecule has 2 aliphatic rings. The van der Waals surface area contributed by atoms with Crippen LogP contribution in [-0.4, -0.2) is 11.0 Å². The monoisotopic (exact) mass is 478 g/mol. The number of hydrogen-bond donors (Lipinski definition) is 1. The number of rotatable bonds is 2. The first-order chi connectivity index (χ1) is 17.5. The van der Waals surface area contributed by atoms with Gasteiger partial charge in [0.25, 0.3) is 0 Å². The van der Waals surface area contributed by atoms with Gasteiger partial charge < -0.3 is 9.88 Å². The van der Waals surface area contributed by atoms with Gasteiger partial charge in [0, 0.05) is 33.4 Å². The predicted molar refractivity (Wildman–Crippen MR) is 139 cm³/mol. The van der Waals surface area contributed by atoms with E-state index in [1.165, 1.54) is 11.5 Å². The van der Waals surface area contributed by atoms with E-state index in [9.17, 15) is 13.2 Å². The van der Waals surface area contributed by atoms with Crippen molar-refractivity contribution in [3.05, 3.63) is 126 Å². The summed E-state index contributed by atoms with van der Waals surface area (Å²) in [5.74, 6) is -0.0545. The summed E-state index contributed by atoms with van der Waals surface area (Å²) in [6.45, 7) is 0. The Kier molecular flexibility index (Phi) is 4.46. The normalized spacial score (nSPS) is 19.0. The zero-order valence-corrected chi connectivity index (χ0v) is 19.1. The van der Waals surface area contributed by atoms with Gasteiger partial charge in [-0.1, -0.05) is 72.8 Å². The SMILES string of the molecule is FC(F)(F)c1ccccc1N1c2ccccc2C2C=C(c3ccc4[nH]c5ccccc5c4c3)C=CC21. The molecule has 0 saturated carbocycles. The molecule has 176 valence electrons. The van der Waals surface area contributed by atoms with Crippen LogP contribution in [0.1, 0.15) is 22.6 Å². The topological polar surface area (TPSA) is 19.0 Å². The molecule has 4 aromatic carbocycles. The molecule has 0 amide bonds. The number of aromatic nitrogens is 1. The number of benzene rings is 4. The quantitative estimate of drug-likeness (QED) is 0.269. The number of para-hydroxylation sites is 3. The van der Waals surface area contributed by atoms with Crippen molar-refractivity contribution in [2.45, 2.75) is 18.1 Å². The van der Waals surface area contributed by atoms with Crippen LogP contribution in [0.3, 0.4) is 0 Å². The molecule has 1 aliphatic heterocycles. The highest BCUT2D eigenvalue weighted by Gasteiger charge is 2.42. The van der Waals surface area contributed by atoms with Gasteiger partial charge in [-0.05, 0) is 53.1 Å². The lowest BCUT2D eigenvalue weighted by molar-refractivity contribution is -0.137. The van der Waals surface area contributed by atoms with Crippen molar-refractivity contribution in [1.29, 1.82) is 0 Å². The number of hydrogen-bond acceptors (Lipinski definition) is 1. The van der Waals surface area contributed by atoms with Crippen LogP contribution in [0.25, 0.3) is 27.4 Å². The van der Waals surface area contributed by atoms with Crippen LogP contribution in [-0.2, 0) is 6.18 Å². The third kappa shape index (κ3) is 3.12. The smallest absolute Gasteiger partial charge is 0.355 e. The van der Waals surface area contributed by atoms with E-state index in [2.05, 4.69) is 41.4 Å². The molecule has 0 bridgehead atoms. The van der Waals surface area contributed by atoms with Crippen LogP contribution in [0.5, 0.6) is 0 Å². The number of nitrogens with zero attached hydrogens (tertiary/aromatic N) is 1. The number of nitrogens with one attached hydrogen (secondary N) is 1. The fraction of sp³-hybridized carbons (Fsp3) is 0.0968. The number of alkyl halides is 3. The summed E-state index contributed by atoms with van der Waals surface area (Å²) in [6.07, 6.45) is 1.87. The Morgan fingerprint density at radius 1 is 0.722 bits per heavy atom. The maximum Gasteiger partial charge on any atom is 0.418 e. The summed E-state index contributed by atoms with van der Waals surface area (Å²) in [5, 5.41) is 2.33. The summed E-state index contributed by atoms with van der Waals surface area (Å²) in [4.78, 5) is 5.31. The van der Waals surface area contributed by atoms with E-state index in [-0.39, 0.29) is 17.6 Å². The molecule has 1 aromatic heterocycles. The summed E-state index contributed by atoms with van der Waals surface area (Å²) in [6, 6.07) is 28.0. The molecular weight excluding hydrogens is 457 g/mol. The Hall–Kier alpha value is -4.25. The Bertz CT molecular complexity index is 1710. The highest BCUT2D eigenvalue weighted by molar-refractivity contribution is 6.08. The van der Waals surface area contributed by atoms with Crippen LogP contribution in [0, 0.1) is 0 Å². The van der Waals surface area contributed by atoms with E-state index in [1.54, 1.807) is 12.1 Å². The molecule has 5 heteroatoms.